The highest BCUT2D eigenvalue weighted by Crippen LogP contribution is 2.50. The van der Waals surface area contributed by atoms with Gasteiger partial charge in [-0.2, -0.15) is 0 Å². The minimum atomic E-state index is 0.497. The van der Waals surface area contributed by atoms with Gasteiger partial charge in [0.25, 0.3) is 0 Å². The first-order valence-corrected chi connectivity index (χ1v) is 7.93. The number of fused-ring (bicyclic) bond motifs is 2. The van der Waals surface area contributed by atoms with Crippen LogP contribution in [0.5, 0.6) is 0 Å². The highest BCUT2D eigenvalue weighted by atomic mass is 16.5. The number of rotatable bonds is 6. The van der Waals surface area contributed by atoms with E-state index >= 15 is 0 Å². The molecule has 0 aromatic heterocycles. The molecule has 2 fully saturated rings. The van der Waals surface area contributed by atoms with E-state index < -0.39 is 0 Å². The highest BCUT2D eigenvalue weighted by Gasteiger charge is 2.40. The molecule has 0 saturated heterocycles. The molecule has 2 saturated carbocycles. The third kappa shape index (κ3) is 2.59. The Morgan fingerprint density at radius 1 is 1.39 bits per heavy atom. The first-order chi connectivity index (χ1) is 8.86. The molecule has 0 amide bonds. The van der Waals surface area contributed by atoms with Crippen molar-refractivity contribution in [1.29, 1.82) is 0 Å². The number of hydrogen-bond acceptors (Lipinski definition) is 2. The summed E-state index contributed by atoms with van der Waals surface area (Å²) < 4.78 is 5.80. The summed E-state index contributed by atoms with van der Waals surface area (Å²) in [5.41, 5.74) is 0. The average Bonchev–Trinajstić information content (AvgIpc) is 3.09. The molecule has 4 unspecified atom stereocenters. The van der Waals surface area contributed by atoms with E-state index in [2.05, 4.69) is 18.3 Å². The monoisotopic (exact) mass is 249 g/mol. The maximum Gasteiger partial charge on any atom is 0.109 e. The van der Waals surface area contributed by atoms with Gasteiger partial charge in [0.05, 0.1) is 12.6 Å². The molecular weight excluding hydrogens is 222 g/mol. The minimum Gasteiger partial charge on any atom is -0.496 e. The molecule has 1 N–H and O–H groups in total. The summed E-state index contributed by atoms with van der Waals surface area (Å²) in [4.78, 5) is 0. The number of hydrogen-bond donors (Lipinski definition) is 1. The summed E-state index contributed by atoms with van der Waals surface area (Å²) in [5, 5.41) is 3.70. The van der Waals surface area contributed by atoms with Crippen molar-refractivity contribution in [3.8, 4) is 0 Å². The molecule has 2 bridgehead atoms. The fraction of sp³-hybridized carbons (Fsp3) is 0.875. The Balaban J connectivity index is 1.58. The zero-order valence-electron chi connectivity index (χ0n) is 11.7. The van der Waals surface area contributed by atoms with Crippen LogP contribution >= 0.6 is 0 Å². The van der Waals surface area contributed by atoms with Gasteiger partial charge in [0.2, 0.25) is 0 Å². The second-order valence-corrected chi connectivity index (χ2v) is 6.42. The zero-order valence-corrected chi connectivity index (χ0v) is 11.7. The predicted octanol–water partition coefficient (Wildman–Crippen LogP) is 3.49. The van der Waals surface area contributed by atoms with Crippen molar-refractivity contribution in [3.05, 3.63) is 11.8 Å². The summed E-state index contributed by atoms with van der Waals surface area (Å²) in [6, 6.07) is 0.497. The van der Waals surface area contributed by atoms with E-state index in [0.717, 1.165) is 37.3 Å². The smallest absolute Gasteiger partial charge is 0.109 e. The summed E-state index contributed by atoms with van der Waals surface area (Å²) >= 11 is 0. The van der Waals surface area contributed by atoms with E-state index in [9.17, 15) is 0 Å². The fourth-order valence-electron chi connectivity index (χ4n) is 4.27. The van der Waals surface area contributed by atoms with Crippen LogP contribution in [0.1, 0.15) is 51.9 Å². The molecule has 3 aliphatic rings. The first kappa shape index (κ1) is 12.5. The third-order valence-electron chi connectivity index (χ3n) is 5.14. The maximum atomic E-state index is 5.80. The van der Waals surface area contributed by atoms with Crippen LogP contribution < -0.4 is 5.32 Å². The normalized spacial score (nSPS) is 35.6. The Morgan fingerprint density at radius 3 is 2.94 bits per heavy atom. The predicted molar refractivity (Wildman–Crippen MR) is 74.3 cm³/mol. The van der Waals surface area contributed by atoms with Crippen LogP contribution in [-0.4, -0.2) is 19.2 Å². The van der Waals surface area contributed by atoms with E-state index in [1.807, 2.05) is 0 Å². The molecule has 102 valence electrons. The lowest BCUT2D eigenvalue weighted by molar-refractivity contribution is 0.192. The van der Waals surface area contributed by atoms with Gasteiger partial charge in [-0.15, -0.1) is 0 Å². The number of nitrogens with one attached hydrogen (secondary N) is 1. The van der Waals surface area contributed by atoms with E-state index in [1.165, 1.54) is 44.3 Å². The fourth-order valence-corrected chi connectivity index (χ4v) is 4.27. The SMILES string of the molecule is CCCNC(CC1CC2CCC1C2)C1=CCCO1. The van der Waals surface area contributed by atoms with Crippen molar-refractivity contribution in [2.45, 2.75) is 57.9 Å². The van der Waals surface area contributed by atoms with Crippen molar-refractivity contribution >= 4 is 0 Å². The van der Waals surface area contributed by atoms with Crippen LogP contribution in [0.15, 0.2) is 11.8 Å². The lowest BCUT2D eigenvalue weighted by atomic mass is 9.84. The largest absolute Gasteiger partial charge is 0.496 e. The molecule has 1 aliphatic heterocycles. The molecule has 18 heavy (non-hydrogen) atoms. The third-order valence-corrected chi connectivity index (χ3v) is 5.14. The van der Waals surface area contributed by atoms with Gasteiger partial charge in [0.1, 0.15) is 5.76 Å². The summed E-state index contributed by atoms with van der Waals surface area (Å²) in [7, 11) is 0. The van der Waals surface area contributed by atoms with Crippen molar-refractivity contribution in [2.24, 2.45) is 17.8 Å². The number of ether oxygens (including phenoxy) is 1. The van der Waals surface area contributed by atoms with E-state index in [-0.39, 0.29) is 0 Å². The topological polar surface area (TPSA) is 21.3 Å². The molecule has 0 aromatic rings. The lowest BCUT2D eigenvalue weighted by Crippen LogP contribution is -2.35. The second kappa shape index (κ2) is 5.64. The molecule has 4 atom stereocenters. The van der Waals surface area contributed by atoms with Gasteiger partial charge in [0.15, 0.2) is 0 Å². The zero-order chi connectivity index (χ0) is 12.4. The molecule has 0 radical (unpaired) electrons. The quantitative estimate of drug-likeness (QED) is 0.778. The Bertz CT molecular complexity index is 312. The molecule has 1 heterocycles. The highest BCUT2D eigenvalue weighted by molar-refractivity contribution is 5.08. The van der Waals surface area contributed by atoms with Crippen molar-refractivity contribution < 1.29 is 4.74 Å². The van der Waals surface area contributed by atoms with E-state index in [0.29, 0.717) is 6.04 Å². The second-order valence-electron chi connectivity index (χ2n) is 6.42. The van der Waals surface area contributed by atoms with Crippen LogP contribution in [0.4, 0.5) is 0 Å². The summed E-state index contributed by atoms with van der Waals surface area (Å²) in [6.07, 6.45) is 11.9. The lowest BCUT2D eigenvalue weighted by Gasteiger charge is -2.27. The Morgan fingerprint density at radius 2 is 2.33 bits per heavy atom. The van der Waals surface area contributed by atoms with Gasteiger partial charge in [-0.1, -0.05) is 13.3 Å². The van der Waals surface area contributed by atoms with Gasteiger partial charge >= 0.3 is 0 Å². The van der Waals surface area contributed by atoms with E-state index in [4.69, 9.17) is 4.74 Å². The van der Waals surface area contributed by atoms with Crippen molar-refractivity contribution in [1.82, 2.24) is 5.32 Å². The Labute approximate surface area is 111 Å². The maximum absolute atomic E-state index is 5.80. The summed E-state index contributed by atoms with van der Waals surface area (Å²) in [6.45, 7) is 4.26. The Hall–Kier alpha value is -0.500. The van der Waals surface area contributed by atoms with E-state index in [1.54, 1.807) is 0 Å². The van der Waals surface area contributed by atoms with Crippen molar-refractivity contribution in [3.63, 3.8) is 0 Å². The molecule has 0 spiro atoms. The molecular formula is C16H27NO. The van der Waals surface area contributed by atoms with Crippen LogP contribution in [0.3, 0.4) is 0 Å². The van der Waals surface area contributed by atoms with Crippen molar-refractivity contribution in [2.75, 3.05) is 13.2 Å². The van der Waals surface area contributed by atoms with Crippen LogP contribution in [0.25, 0.3) is 0 Å². The average molecular weight is 249 g/mol. The Kier molecular flexibility index (Phi) is 3.93. The minimum absolute atomic E-state index is 0.497. The van der Waals surface area contributed by atoms with Crippen LogP contribution in [0.2, 0.25) is 0 Å². The van der Waals surface area contributed by atoms with Crippen LogP contribution in [-0.2, 0) is 4.74 Å². The van der Waals surface area contributed by atoms with Crippen LogP contribution in [0, 0.1) is 17.8 Å². The standard InChI is InChI=1S/C16H27NO/c1-2-7-17-15(16-4-3-8-18-16)11-14-10-12-5-6-13(14)9-12/h4,12-15,17H,2-3,5-11H2,1H3. The molecule has 0 aromatic carbocycles. The van der Waals surface area contributed by atoms with Gasteiger partial charge in [-0.25, -0.2) is 0 Å². The molecule has 2 heteroatoms. The molecule has 2 nitrogen and oxygen atoms in total. The van der Waals surface area contributed by atoms with Gasteiger partial charge in [-0.3, -0.25) is 0 Å². The van der Waals surface area contributed by atoms with Gasteiger partial charge in [0, 0.05) is 6.42 Å². The van der Waals surface area contributed by atoms with Gasteiger partial charge < -0.3 is 10.1 Å². The van der Waals surface area contributed by atoms with Gasteiger partial charge in [-0.05, 0) is 62.5 Å². The first-order valence-electron chi connectivity index (χ1n) is 7.93. The molecule has 3 rings (SSSR count). The summed E-state index contributed by atoms with van der Waals surface area (Å²) in [5.74, 6) is 4.29. The molecule has 2 aliphatic carbocycles.